The van der Waals surface area contributed by atoms with Crippen molar-refractivity contribution in [2.24, 2.45) is 0 Å². The Morgan fingerprint density at radius 1 is 1.36 bits per heavy atom. The maximum absolute atomic E-state index is 4.01. The molecule has 0 bridgehead atoms. The highest BCUT2D eigenvalue weighted by Crippen LogP contribution is 2.10. The average Bonchev–Trinajstić information content (AvgIpc) is 2.67. The topological polar surface area (TPSA) is 59.7 Å². The molecule has 2 rings (SSSR count). The maximum atomic E-state index is 4.01. The molecule has 0 aliphatic heterocycles. The van der Waals surface area contributed by atoms with Crippen molar-refractivity contribution in [3.8, 4) is 5.69 Å². The number of hydrogen-bond donors (Lipinski definition) is 0. The molecule has 0 aliphatic carbocycles. The van der Waals surface area contributed by atoms with Crippen LogP contribution in [0.15, 0.2) is 24.5 Å². The van der Waals surface area contributed by atoms with Crippen LogP contribution in [0, 0.1) is 0 Å². The zero-order valence-electron chi connectivity index (χ0n) is 7.99. The van der Waals surface area contributed by atoms with E-state index in [1.807, 2.05) is 31.1 Å². The normalized spacial score (nSPS) is 10.1. The zero-order valence-corrected chi connectivity index (χ0v) is 7.99. The first-order chi connectivity index (χ1) is 6.79. The van der Waals surface area contributed by atoms with E-state index in [2.05, 4.69) is 20.5 Å². The lowest BCUT2D eigenvalue weighted by Crippen LogP contribution is -2.15. The summed E-state index contributed by atoms with van der Waals surface area (Å²) in [6.45, 7) is 0. The smallest absolute Gasteiger partial charge is 0.249 e. The van der Waals surface area contributed by atoms with Gasteiger partial charge in [-0.05, 0) is 22.6 Å². The molecule has 0 atom stereocenters. The van der Waals surface area contributed by atoms with Gasteiger partial charge in [0, 0.05) is 20.3 Å². The standard InChI is InChI=1S/C8H10N6/c1-13(2)8-10-11-12-14(8)7-4-3-5-9-6-7/h3-6H,1-2H3. The van der Waals surface area contributed by atoms with Gasteiger partial charge in [0.2, 0.25) is 5.95 Å². The number of hydrogen-bond acceptors (Lipinski definition) is 5. The van der Waals surface area contributed by atoms with E-state index < -0.39 is 0 Å². The first kappa shape index (κ1) is 8.61. The van der Waals surface area contributed by atoms with Crippen LogP contribution in [0.3, 0.4) is 0 Å². The van der Waals surface area contributed by atoms with E-state index in [1.165, 1.54) is 0 Å². The minimum Gasteiger partial charge on any atom is -0.345 e. The number of nitrogens with zero attached hydrogens (tertiary/aromatic N) is 6. The fourth-order valence-corrected chi connectivity index (χ4v) is 1.11. The molecule has 2 aromatic rings. The molecule has 0 aromatic carbocycles. The van der Waals surface area contributed by atoms with Gasteiger partial charge in [-0.2, -0.15) is 4.68 Å². The van der Waals surface area contributed by atoms with Crippen molar-refractivity contribution in [2.75, 3.05) is 19.0 Å². The fourth-order valence-electron chi connectivity index (χ4n) is 1.11. The Labute approximate surface area is 81.2 Å². The molecular formula is C8H10N6. The molecule has 6 nitrogen and oxygen atoms in total. The Bertz CT molecular complexity index is 407. The third-order valence-corrected chi connectivity index (χ3v) is 1.74. The summed E-state index contributed by atoms with van der Waals surface area (Å²) in [7, 11) is 3.77. The van der Waals surface area contributed by atoms with Crippen LogP contribution in [-0.4, -0.2) is 39.3 Å². The van der Waals surface area contributed by atoms with E-state index in [-0.39, 0.29) is 0 Å². The summed E-state index contributed by atoms with van der Waals surface area (Å²) in [5.74, 6) is 0.679. The summed E-state index contributed by atoms with van der Waals surface area (Å²) in [4.78, 5) is 5.85. The van der Waals surface area contributed by atoms with Gasteiger partial charge in [0.05, 0.1) is 11.9 Å². The van der Waals surface area contributed by atoms with Crippen LogP contribution in [-0.2, 0) is 0 Å². The lowest BCUT2D eigenvalue weighted by atomic mass is 10.4. The van der Waals surface area contributed by atoms with Gasteiger partial charge >= 0.3 is 0 Å². The summed E-state index contributed by atoms with van der Waals surface area (Å²) in [5.41, 5.74) is 0.848. The first-order valence-electron chi connectivity index (χ1n) is 4.15. The second-order valence-electron chi connectivity index (χ2n) is 3.00. The molecular weight excluding hydrogens is 180 g/mol. The molecule has 0 unspecified atom stereocenters. The molecule has 0 radical (unpaired) electrons. The van der Waals surface area contributed by atoms with Gasteiger partial charge in [-0.1, -0.05) is 5.10 Å². The van der Waals surface area contributed by atoms with Crippen LogP contribution in [0.1, 0.15) is 0 Å². The van der Waals surface area contributed by atoms with Crippen LogP contribution in [0.5, 0.6) is 0 Å². The number of tetrazole rings is 1. The molecule has 6 heteroatoms. The van der Waals surface area contributed by atoms with Crippen LogP contribution >= 0.6 is 0 Å². The fraction of sp³-hybridized carbons (Fsp3) is 0.250. The summed E-state index contributed by atoms with van der Waals surface area (Å²) >= 11 is 0. The van der Waals surface area contributed by atoms with Gasteiger partial charge < -0.3 is 4.90 Å². The summed E-state index contributed by atoms with van der Waals surface area (Å²) in [6, 6.07) is 3.74. The molecule has 0 saturated carbocycles. The molecule has 0 fully saturated rings. The Kier molecular flexibility index (Phi) is 2.10. The van der Waals surface area contributed by atoms with E-state index in [0.29, 0.717) is 5.95 Å². The van der Waals surface area contributed by atoms with E-state index >= 15 is 0 Å². The van der Waals surface area contributed by atoms with Crippen molar-refractivity contribution in [3.63, 3.8) is 0 Å². The van der Waals surface area contributed by atoms with E-state index in [9.17, 15) is 0 Å². The SMILES string of the molecule is CN(C)c1nnnn1-c1cccnc1. The van der Waals surface area contributed by atoms with E-state index in [4.69, 9.17) is 0 Å². The Balaban J connectivity index is 2.47. The van der Waals surface area contributed by atoms with Gasteiger partial charge in [-0.15, -0.1) is 0 Å². The van der Waals surface area contributed by atoms with Crippen LogP contribution in [0.25, 0.3) is 5.69 Å². The molecule has 2 heterocycles. The van der Waals surface area contributed by atoms with Gasteiger partial charge in [0.25, 0.3) is 0 Å². The molecule has 0 amide bonds. The first-order valence-corrected chi connectivity index (χ1v) is 4.15. The third-order valence-electron chi connectivity index (χ3n) is 1.74. The van der Waals surface area contributed by atoms with E-state index in [1.54, 1.807) is 17.1 Å². The predicted molar refractivity (Wildman–Crippen MR) is 51.3 cm³/mol. The van der Waals surface area contributed by atoms with Gasteiger partial charge in [0.15, 0.2) is 0 Å². The van der Waals surface area contributed by atoms with Crippen molar-refractivity contribution >= 4 is 5.95 Å². The highest BCUT2D eigenvalue weighted by molar-refractivity contribution is 5.37. The van der Waals surface area contributed by atoms with E-state index in [0.717, 1.165) is 5.69 Å². The predicted octanol–water partition coefficient (Wildman–Crippen LogP) is 0.123. The van der Waals surface area contributed by atoms with Crippen molar-refractivity contribution in [2.45, 2.75) is 0 Å². The van der Waals surface area contributed by atoms with Gasteiger partial charge in [0.1, 0.15) is 0 Å². The average molecular weight is 190 g/mol. The maximum Gasteiger partial charge on any atom is 0.249 e. The minimum absolute atomic E-state index is 0.679. The molecule has 0 saturated heterocycles. The second kappa shape index (κ2) is 3.41. The highest BCUT2D eigenvalue weighted by atomic mass is 15.6. The quantitative estimate of drug-likeness (QED) is 0.673. The molecule has 14 heavy (non-hydrogen) atoms. The third kappa shape index (κ3) is 1.41. The second-order valence-corrected chi connectivity index (χ2v) is 3.00. The van der Waals surface area contributed by atoms with Crippen LogP contribution in [0.4, 0.5) is 5.95 Å². The van der Waals surface area contributed by atoms with Crippen LogP contribution in [0.2, 0.25) is 0 Å². The Hall–Kier alpha value is -1.98. The van der Waals surface area contributed by atoms with Crippen LogP contribution < -0.4 is 4.90 Å². The lowest BCUT2D eigenvalue weighted by molar-refractivity contribution is 0.781. The van der Waals surface area contributed by atoms with Crippen molar-refractivity contribution < 1.29 is 0 Å². The summed E-state index contributed by atoms with van der Waals surface area (Å²) < 4.78 is 1.63. The van der Waals surface area contributed by atoms with Gasteiger partial charge in [-0.3, -0.25) is 4.98 Å². The van der Waals surface area contributed by atoms with Crippen molar-refractivity contribution in [1.29, 1.82) is 0 Å². The van der Waals surface area contributed by atoms with Gasteiger partial charge in [-0.25, -0.2) is 0 Å². The summed E-state index contributed by atoms with van der Waals surface area (Å²) in [6.07, 6.45) is 3.42. The lowest BCUT2D eigenvalue weighted by Gasteiger charge is -2.10. The molecule has 0 N–H and O–H groups in total. The number of pyridine rings is 1. The number of aromatic nitrogens is 5. The molecule has 0 aliphatic rings. The Morgan fingerprint density at radius 3 is 2.86 bits per heavy atom. The molecule has 0 spiro atoms. The highest BCUT2D eigenvalue weighted by Gasteiger charge is 2.08. The zero-order chi connectivity index (χ0) is 9.97. The number of anilines is 1. The minimum atomic E-state index is 0.679. The van der Waals surface area contributed by atoms with Crippen molar-refractivity contribution in [3.05, 3.63) is 24.5 Å². The molecule has 72 valence electrons. The molecule has 2 aromatic heterocycles. The largest absolute Gasteiger partial charge is 0.345 e. The monoisotopic (exact) mass is 190 g/mol. The van der Waals surface area contributed by atoms with Crippen molar-refractivity contribution in [1.82, 2.24) is 25.2 Å². The number of rotatable bonds is 2. The Morgan fingerprint density at radius 2 is 2.21 bits per heavy atom. The summed E-state index contributed by atoms with van der Waals surface area (Å²) in [5, 5.41) is 11.4.